The van der Waals surface area contributed by atoms with E-state index in [2.05, 4.69) is 30.4 Å². The number of carbonyl (C=O) groups is 4. The number of benzene rings is 2. The van der Waals surface area contributed by atoms with E-state index in [1.165, 1.54) is 24.5 Å². The van der Waals surface area contributed by atoms with Crippen LogP contribution in [0.15, 0.2) is 48.8 Å². The number of hydrogen-bond acceptors (Lipinski definition) is 14. The summed E-state index contributed by atoms with van der Waals surface area (Å²) < 4.78 is 0. The molecule has 0 aliphatic rings. The quantitative estimate of drug-likeness (QED) is 0.247. The molecule has 36 heavy (non-hydrogen) atoms. The van der Waals surface area contributed by atoms with E-state index in [-0.39, 0.29) is 45.3 Å². The molecule has 2 heterocycles. The van der Waals surface area contributed by atoms with E-state index in [1.807, 2.05) is 0 Å². The maximum Gasteiger partial charge on any atom is 0.240 e. The molecule has 0 spiro atoms. The van der Waals surface area contributed by atoms with Gasteiger partial charge in [0, 0.05) is 23.5 Å². The number of rotatable bonds is 7. The first-order chi connectivity index (χ1) is 17.1. The van der Waals surface area contributed by atoms with Crippen LogP contribution >= 0.6 is 0 Å². The molecule has 0 radical (unpaired) electrons. The Morgan fingerprint density at radius 2 is 0.806 bits per heavy atom. The molecule has 0 amide bonds. The highest BCUT2D eigenvalue weighted by atomic mass is 16.4. The standard InChI is InChI=1S/C22H12N6O8/c29-19(30)11-1-9(2-12(5-11)20(31)32)15-7-23-17(24-8-15)18-27-25-16(26-28-18)10-3-13(21(33)34)6-14(4-10)22(35)36/h1-8H,(H,29,30)(H,31,32)(H,33,34)(H,35,36)/p-4. The van der Waals surface area contributed by atoms with E-state index < -0.39 is 35.0 Å². The predicted octanol–water partition coefficient (Wildman–Crippen LogP) is -3.49. The summed E-state index contributed by atoms with van der Waals surface area (Å²) in [7, 11) is 0. The van der Waals surface area contributed by atoms with Gasteiger partial charge in [-0.2, -0.15) is 0 Å². The zero-order valence-electron chi connectivity index (χ0n) is 17.6. The highest BCUT2D eigenvalue weighted by Crippen LogP contribution is 2.23. The lowest BCUT2D eigenvalue weighted by molar-refractivity contribution is -0.257. The van der Waals surface area contributed by atoms with Crippen LogP contribution in [0.3, 0.4) is 0 Å². The number of hydrogen-bond donors (Lipinski definition) is 0. The van der Waals surface area contributed by atoms with Gasteiger partial charge in [0.2, 0.25) is 17.5 Å². The molecule has 0 fully saturated rings. The maximum atomic E-state index is 11.2. The smallest absolute Gasteiger partial charge is 0.240 e. The number of aromatic carboxylic acids is 4. The van der Waals surface area contributed by atoms with Gasteiger partial charge in [0.05, 0.1) is 23.9 Å². The Morgan fingerprint density at radius 1 is 0.444 bits per heavy atom. The van der Waals surface area contributed by atoms with Gasteiger partial charge in [-0.15, -0.1) is 20.4 Å². The van der Waals surface area contributed by atoms with E-state index in [9.17, 15) is 39.6 Å². The van der Waals surface area contributed by atoms with E-state index in [0.717, 1.165) is 24.3 Å². The molecule has 14 nitrogen and oxygen atoms in total. The van der Waals surface area contributed by atoms with Crippen LogP contribution in [-0.4, -0.2) is 54.2 Å². The average Bonchev–Trinajstić information content (AvgIpc) is 2.88. The minimum Gasteiger partial charge on any atom is -0.545 e. The molecule has 0 bridgehead atoms. The van der Waals surface area contributed by atoms with Gasteiger partial charge < -0.3 is 39.6 Å². The van der Waals surface area contributed by atoms with Crippen molar-refractivity contribution in [2.24, 2.45) is 0 Å². The molecule has 0 saturated heterocycles. The Hall–Kier alpha value is -5.66. The first-order valence-electron chi connectivity index (χ1n) is 9.68. The molecule has 0 N–H and O–H groups in total. The largest absolute Gasteiger partial charge is 0.545 e. The van der Waals surface area contributed by atoms with Crippen molar-refractivity contribution in [1.29, 1.82) is 0 Å². The van der Waals surface area contributed by atoms with Crippen molar-refractivity contribution in [3.63, 3.8) is 0 Å². The van der Waals surface area contributed by atoms with Gasteiger partial charge in [-0.25, -0.2) is 9.97 Å². The van der Waals surface area contributed by atoms with Crippen molar-refractivity contribution in [2.75, 3.05) is 0 Å². The molecule has 0 unspecified atom stereocenters. The minimum absolute atomic E-state index is 0.0183. The maximum absolute atomic E-state index is 11.2. The van der Waals surface area contributed by atoms with Crippen molar-refractivity contribution in [3.05, 3.63) is 71.0 Å². The molecule has 4 rings (SSSR count). The normalized spacial score (nSPS) is 10.6. The van der Waals surface area contributed by atoms with Crippen LogP contribution in [-0.2, 0) is 0 Å². The zero-order chi connectivity index (χ0) is 26.0. The molecule has 0 atom stereocenters. The topological polar surface area (TPSA) is 238 Å². The van der Waals surface area contributed by atoms with Gasteiger partial charge in [0.1, 0.15) is 0 Å². The first kappa shape index (κ1) is 23.5. The molecular weight excluding hydrogens is 476 g/mol. The first-order valence-corrected chi connectivity index (χ1v) is 9.68. The molecule has 14 heteroatoms. The minimum atomic E-state index is -1.62. The molecule has 2 aromatic heterocycles. The van der Waals surface area contributed by atoms with Crippen LogP contribution in [0.5, 0.6) is 0 Å². The molecule has 4 aromatic rings. The Labute approximate surface area is 199 Å². The SMILES string of the molecule is O=C([O-])c1cc(C(=O)[O-])cc(-c2cnc(-c3nnc(-c4cc(C(=O)[O-])cc(C(=O)[O-])c4)nn3)nc2)c1. The number of carbonyl (C=O) groups excluding carboxylic acids is 4. The Bertz CT molecular complexity index is 1360. The summed E-state index contributed by atoms with van der Waals surface area (Å²) in [6.07, 6.45) is 2.51. The second kappa shape index (κ2) is 9.30. The van der Waals surface area contributed by atoms with E-state index in [1.54, 1.807) is 0 Å². The summed E-state index contributed by atoms with van der Waals surface area (Å²) in [6.45, 7) is 0. The molecule has 0 saturated carbocycles. The lowest BCUT2D eigenvalue weighted by Crippen LogP contribution is -2.25. The summed E-state index contributed by atoms with van der Waals surface area (Å²) in [4.78, 5) is 52.7. The van der Waals surface area contributed by atoms with Gasteiger partial charge in [0.15, 0.2) is 0 Å². The lowest BCUT2D eigenvalue weighted by atomic mass is 10.0. The van der Waals surface area contributed by atoms with Gasteiger partial charge in [-0.3, -0.25) is 0 Å². The van der Waals surface area contributed by atoms with Crippen molar-refractivity contribution >= 4 is 23.9 Å². The summed E-state index contributed by atoms with van der Waals surface area (Å²) in [5.74, 6) is -6.82. The Kier molecular flexibility index (Phi) is 6.07. The van der Waals surface area contributed by atoms with Crippen LogP contribution < -0.4 is 20.4 Å². The van der Waals surface area contributed by atoms with Gasteiger partial charge >= 0.3 is 0 Å². The Balaban J connectivity index is 1.64. The lowest BCUT2D eigenvalue weighted by Gasteiger charge is -2.11. The summed E-state index contributed by atoms with van der Waals surface area (Å²) in [5, 5.41) is 59.9. The molecular formula is C22H8N6O8-4. The highest BCUT2D eigenvalue weighted by Gasteiger charge is 2.13. The zero-order valence-corrected chi connectivity index (χ0v) is 17.6. The summed E-state index contributed by atoms with van der Waals surface area (Å²) >= 11 is 0. The van der Waals surface area contributed by atoms with Gasteiger partial charge in [0.25, 0.3) is 0 Å². The van der Waals surface area contributed by atoms with Crippen molar-refractivity contribution in [2.45, 2.75) is 0 Å². The van der Waals surface area contributed by atoms with Crippen LogP contribution in [0.4, 0.5) is 0 Å². The van der Waals surface area contributed by atoms with Crippen LogP contribution in [0.25, 0.3) is 34.2 Å². The number of nitrogens with zero attached hydrogens (tertiary/aromatic N) is 6. The second-order valence-corrected chi connectivity index (χ2v) is 7.09. The van der Waals surface area contributed by atoms with Gasteiger partial charge in [-0.05, 0) is 64.2 Å². The van der Waals surface area contributed by atoms with E-state index >= 15 is 0 Å². The third-order valence-electron chi connectivity index (χ3n) is 4.73. The summed E-state index contributed by atoms with van der Waals surface area (Å²) in [5.41, 5.74) is -1.23. The van der Waals surface area contributed by atoms with Gasteiger partial charge in [-0.1, -0.05) is 0 Å². The Morgan fingerprint density at radius 3 is 1.19 bits per heavy atom. The molecule has 2 aromatic carbocycles. The van der Waals surface area contributed by atoms with E-state index in [4.69, 9.17) is 0 Å². The fraction of sp³-hybridized carbons (Fsp3) is 0. The number of carboxylic acid groups (broad SMARTS) is 4. The monoisotopic (exact) mass is 484 g/mol. The fourth-order valence-corrected chi connectivity index (χ4v) is 3.05. The van der Waals surface area contributed by atoms with E-state index in [0.29, 0.717) is 0 Å². The molecule has 0 aliphatic carbocycles. The van der Waals surface area contributed by atoms with Crippen LogP contribution in [0, 0.1) is 0 Å². The van der Waals surface area contributed by atoms with Crippen molar-refractivity contribution < 1.29 is 39.6 Å². The van der Waals surface area contributed by atoms with Crippen molar-refractivity contribution in [1.82, 2.24) is 30.4 Å². The van der Waals surface area contributed by atoms with Crippen LogP contribution in [0.1, 0.15) is 41.4 Å². The number of carboxylic acids is 4. The predicted molar refractivity (Wildman–Crippen MR) is 107 cm³/mol. The molecule has 178 valence electrons. The second-order valence-electron chi connectivity index (χ2n) is 7.09. The fourth-order valence-electron chi connectivity index (χ4n) is 3.05. The van der Waals surface area contributed by atoms with Crippen molar-refractivity contribution in [3.8, 4) is 34.2 Å². The molecule has 0 aliphatic heterocycles. The summed E-state index contributed by atoms with van der Waals surface area (Å²) in [6, 6.07) is 6.26. The third-order valence-corrected chi connectivity index (χ3v) is 4.73. The third kappa shape index (κ3) is 4.81. The van der Waals surface area contributed by atoms with Crippen LogP contribution in [0.2, 0.25) is 0 Å². The highest BCUT2D eigenvalue weighted by molar-refractivity contribution is 5.95. The number of aromatic nitrogens is 6. The average molecular weight is 484 g/mol.